The lowest BCUT2D eigenvalue weighted by molar-refractivity contribution is 0.0985. The Morgan fingerprint density at radius 2 is 1.89 bits per heavy atom. The number of nitrogens with zero attached hydrogens (tertiary/aromatic N) is 3. The number of hydrogen-bond donors (Lipinski definition) is 0. The average molecular weight is 428 g/mol. The molecule has 6 nitrogen and oxygen atoms in total. The first-order valence-corrected chi connectivity index (χ1v) is 11.0. The zero-order valence-corrected chi connectivity index (χ0v) is 17.1. The quantitative estimate of drug-likeness (QED) is 0.695. The molecule has 0 spiro atoms. The minimum atomic E-state index is -3.63. The molecule has 1 aromatic carbocycles. The maximum absolute atomic E-state index is 13.3. The number of halogens is 2. The normalized spacial score (nSPS) is 21.9. The minimum Gasteiger partial charge on any atom is -0.377 e. The van der Waals surface area contributed by atoms with Crippen LogP contribution in [-0.4, -0.2) is 44.2 Å². The van der Waals surface area contributed by atoms with E-state index in [4.69, 9.17) is 27.9 Å². The second-order valence-corrected chi connectivity index (χ2v) is 9.98. The van der Waals surface area contributed by atoms with Crippen molar-refractivity contribution in [2.75, 3.05) is 24.7 Å². The van der Waals surface area contributed by atoms with Gasteiger partial charge in [-0.25, -0.2) is 18.4 Å². The Balaban J connectivity index is 1.75. The highest BCUT2D eigenvalue weighted by Gasteiger charge is 2.58. The van der Waals surface area contributed by atoms with Crippen LogP contribution in [0.1, 0.15) is 25.5 Å². The summed E-state index contributed by atoms with van der Waals surface area (Å²) in [6.45, 7) is 3.89. The second-order valence-electron chi connectivity index (χ2n) is 6.95. The topological polar surface area (TPSA) is 72.4 Å². The summed E-state index contributed by atoms with van der Waals surface area (Å²) in [5.74, 6) is 0.637. The molecule has 1 atom stereocenters. The molecule has 2 heterocycles. The SMILES string of the molecule is C[C@H]1COCCN1c1cc(C2(S(=O)(=O)c3ccc(Cl)cc3)CC2)nc(Cl)n1. The average Bonchev–Trinajstić information content (AvgIpc) is 3.44. The molecule has 1 saturated heterocycles. The largest absolute Gasteiger partial charge is 0.377 e. The van der Waals surface area contributed by atoms with E-state index in [0.29, 0.717) is 49.1 Å². The third-order valence-corrected chi connectivity index (χ3v) is 8.12. The number of anilines is 1. The van der Waals surface area contributed by atoms with Gasteiger partial charge in [-0.15, -0.1) is 0 Å². The maximum atomic E-state index is 13.3. The summed E-state index contributed by atoms with van der Waals surface area (Å²) in [7, 11) is -3.63. The number of sulfone groups is 1. The van der Waals surface area contributed by atoms with Crippen LogP contribution in [0.5, 0.6) is 0 Å². The summed E-state index contributed by atoms with van der Waals surface area (Å²) in [4.78, 5) is 10.9. The van der Waals surface area contributed by atoms with Gasteiger partial charge in [0.1, 0.15) is 10.6 Å². The molecular formula is C18H19Cl2N3O3S. The Morgan fingerprint density at radius 3 is 2.52 bits per heavy atom. The smallest absolute Gasteiger partial charge is 0.224 e. The molecule has 0 unspecified atom stereocenters. The predicted molar refractivity (Wildman–Crippen MR) is 104 cm³/mol. The number of aromatic nitrogens is 2. The van der Waals surface area contributed by atoms with Gasteiger partial charge in [-0.3, -0.25) is 0 Å². The molecule has 9 heteroatoms. The number of hydrogen-bond acceptors (Lipinski definition) is 6. The molecule has 0 amide bonds. The fourth-order valence-electron chi connectivity index (χ4n) is 3.47. The van der Waals surface area contributed by atoms with E-state index in [1.807, 2.05) is 6.92 Å². The van der Waals surface area contributed by atoms with Crippen molar-refractivity contribution in [3.05, 3.63) is 46.3 Å². The Kier molecular flexibility index (Phi) is 4.83. The summed E-state index contributed by atoms with van der Waals surface area (Å²) in [5, 5.41) is 0.547. The summed E-state index contributed by atoms with van der Waals surface area (Å²) in [5.41, 5.74) is 0.450. The van der Waals surface area contributed by atoms with Crippen molar-refractivity contribution in [1.82, 2.24) is 9.97 Å². The first-order chi connectivity index (χ1) is 12.8. The van der Waals surface area contributed by atoms with E-state index >= 15 is 0 Å². The molecule has 0 bridgehead atoms. The molecule has 27 heavy (non-hydrogen) atoms. The van der Waals surface area contributed by atoms with E-state index in [0.717, 1.165) is 0 Å². The molecule has 1 aliphatic heterocycles. The highest BCUT2D eigenvalue weighted by molar-refractivity contribution is 7.92. The van der Waals surface area contributed by atoms with Crippen LogP contribution in [-0.2, 0) is 19.3 Å². The maximum Gasteiger partial charge on any atom is 0.224 e. The molecule has 1 saturated carbocycles. The van der Waals surface area contributed by atoms with Gasteiger partial charge >= 0.3 is 0 Å². The Bertz CT molecular complexity index is 962. The summed E-state index contributed by atoms with van der Waals surface area (Å²) in [6.07, 6.45) is 1.01. The van der Waals surface area contributed by atoms with Crippen molar-refractivity contribution in [3.63, 3.8) is 0 Å². The van der Waals surface area contributed by atoms with Crippen molar-refractivity contribution in [2.24, 2.45) is 0 Å². The van der Waals surface area contributed by atoms with Crippen LogP contribution < -0.4 is 4.90 Å². The summed E-state index contributed by atoms with van der Waals surface area (Å²) < 4.78 is 31.0. The van der Waals surface area contributed by atoms with E-state index in [1.165, 1.54) is 12.1 Å². The van der Waals surface area contributed by atoms with E-state index in [9.17, 15) is 8.42 Å². The van der Waals surface area contributed by atoms with Crippen LogP contribution in [0.15, 0.2) is 35.2 Å². The molecular weight excluding hydrogens is 409 g/mol. The molecule has 4 rings (SSSR count). The van der Waals surface area contributed by atoms with E-state index in [1.54, 1.807) is 18.2 Å². The van der Waals surface area contributed by atoms with Crippen molar-refractivity contribution in [3.8, 4) is 0 Å². The third-order valence-electron chi connectivity index (χ3n) is 5.16. The van der Waals surface area contributed by atoms with Gasteiger partial charge in [0.15, 0.2) is 9.84 Å². The van der Waals surface area contributed by atoms with E-state index in [-0.39, 0.29) is 16.2 Å². The predicted octanol–water partition coefficient (Wildman–Crippen LogP) is 3.47. The molecule has 0 N–H and O–H groups in total. The number of ether oxygens (including phenoxy) is 1. The summed E-state index contributed by atoms with van der Waals surface area (Å²) in [6, 6.07) is 8.11. The second kappa shape index (κ2) is 6.88. The van der Waals surface area contributed by atoms with Crippen LogP contribution in [0.2, 0.25) is 10.3 Å². The lowest BCUT2D eigenvalue weighted by atomic mass is 10.2. The van der Waals surface area contributed by atoms with Gasteiger partial charge in [-0.1, -0.05) is 11.6 Å². The van der Waals surface area contributed by atoms with Gasteiger partial charge in [-0.2, -0.15) is 0 Å². The van der Waals surface area contributed by atoms with Gasteiger partial charge in [0.05, 0.1) is 29.8 Å². The van der Waals surface area contributed by atoms with Crippen LogP contribution in [0.25, 0.3) is 0 Å². The fraction of sp³-hybridized carbons (Fsp3) is 0.444. The van der Waals surface area contributed by atoms with Crippen molar-refractivity contribution < 1.29 is 13.2 Å². The zero-order valence-electron chi connectivity index (χ0n) is 14.7. The van der Waals surface area contributed by atoms with Crippen molar-refractivity contribution in [2.45, 2.75) is 35.4 Å². The lowest BCUT2D eigenvalue weighted by Gasteiger charge is -2.34. The first kappa shape index (κ1) is 18.9. The highest BCUT2D eigenvalue weighted by Crippen LogP contribution is 2.55. The minimum absolute atomic E-state index is 0.0544. The van der Waals surface area contributed by atoms with Gasteiger partial charge in [0, 0.05) is 17.6 Å². The van der Waals surface area contributed by atoms with E-state index in [2.05, 4.69) is 14.9 Å². The van der Waals surface area contributed by atoms with Crippen LogP contribution in [0, 0.1) is 0 Å². The molecule has 1 aliphatic carbocycles. The number of benzene rings is 1. The van der Waals surface area contributed by atoms with E-state index < -0.39 is 14.6 Å². The molecule has 2 fully saturated rings. The fourth-order valence-corrected chi connectivity index (χ4v) is 5.74. The monoisotopic (exact) mass is 427 g/mol. The molecule has 144 valence electrons. The highest BCUT2D eigenvalue weighted by atomic mass is 35.5. The zero-order chi connectivity index (χ0) is 19.2. The van der Waals surface area contributed by atoms with Crippen LogP contribution >= 0.6 is 23.2 Å². The standard InChI is InChI=1S/C18H19Cl2N3O3S/c1-12-11-26-9-8-23(12)16-10-15(21-17(20)22-16)18(6-7-18)27(24,25)14-4-2-13(19)3-5-14/h2-5,10,12H,6-9,11H2,1H3/t12-/m0/s1. The van der Waals surface area contributed by atoms with Crippen LogP contribution in [0.4, 0.5) is 5.82 Å². The molecule has 1 aromatic heterocycles. The first-order valence-electron chi connectivity index (χ1n) is 8.73. The van der Waals surface area contributed by atoms with Gasteiger partial charge in [-0.05, 0) is 55.6 Å². The third kappa shape index (κ3) is 3.31. The van der Waals surface area contributed by atoms with Crippen molar-refractivity contribution >= 4 is 38.9 Å². The lowest BCUT2D eigenvalue weighted by Crippen LogP contribution is -2.44. The number of morpholine rings is 1. The van der Waals surface area contributed by atoms with Crippen molar-refractivity contribution in [1.29, 1.82) is 0 Å². The Hall–Kier alpha value is -1.41. The Morgan fingerprint density at radius 1 is 1.19 bits per heavy atom. The molecule has 0 radical (unpaired) electrons. The van der Waals surface area contributed by atoms with Gasteiger partial charge < -0.3 is 9.64 Å². The van der Waals surface area contributed by atoms with Gasteiger partial charge in [0.25, 0.3) is 0 Å². The van der Waals surface area contributed by atoms with Gasteiger partial charge in [0.2, 0.25) is 5.28 Å². The number of rotatable bonds is 4. The molecule has 2 aromatic rings. The summed E-state index contributed by atoms with van der Waals surface area (Å²) >= 11 is 12.1. The van der Waals surface area contributed by atoms with Crippen LogP contribution in [0.3, 0.4) is 0 Å². The Labute approximate surface area is 168 Å². The molecule has 2 aliphatic rings.